The van der Waals surface area contributed by atoms with Gasteiger partial charge in [0.1, 0.15) is 32.0 Å². The van der Waals surface area contributed by atoms with Crippen molar-refractivity contribution in [2.75, 3.05) is 19.8 Å². The number of rotatable bonds is 14. The third-order valence-electron chi connectivity index (χ3n) is 8.10. The molecule has 15 heteroatoms. The summed E-state index contributed by atoms with van der Waals surface area (Å²) in [7, 11) is 0. The minimum Gasteiger partial charge on any atom is -0.463 e. The number of carbonyl (C=O) groups is 6. The highest BCUT2D eigenvalue weighted by atomic mass is 16.7. The number of benzene rings is 2. The Bertz CT molecular complexity index is 1580. The van der Waals surface area contributed by atoms with Gasteiger partial charge >= 0.3 is 30.0 Å². The average Bonchev–Trinajstić information content (AvgIpc) is 3.39. The number of esters is 4. The minimum absolute atomic E-state index is 0.0424. The Hall–Kier alpha value is -5.28. The molecule has 7 atom stereocenters. The molecular formula is C36H42N2O13. The Kier molecular flexibility index (Phi) is 13.3. The van der Waals surface area contributed by atoms with E-state index in [1.165, 1.54) is 19.9 Å². The molecule has 2 aromatic carbocycles. The molecule has 1 fully saturated rings. The van der Waals surface area contributed by atoms with Crippen molar-refractivity contribution in [1.82, 2.24) is 10.6 Å². The molecule has 1 aliphatic carbocycles. The van der Waals surface area contributed by atoms with Gasteiger partial charge in [0.25, 0.3) is 0 Å². The van der Waals surface area contributed by atoms with E-state index in [-0.39, 0.29) is 19.1 Å². The van der Waals surface area contributed by atoms with Gasteiger partial charge in [-0.25, -0.2) is 9.59 Å². The number of ether oxygens (including phenoxy) is 7. The molecule has 2 aliphatic rings. The molecule has 1 heterocycles. The average molecular weight is 711 g/mol. The van der Waals surface area contributed by atoms with Gasteiger partial charge in [-0.15, -0.1) is 0 Å². The first-order valence-corrected chi connectivity index (χ1v) is 16.3. The number of fused-ring (bicyclic) bond motifs is 3. The summed E-state index contributed by atoms with van der Waals surface area (Å²) in [6, 6.07) is 12.8. The monoisotopic (exact) mass is 710 g/mol. The highest BCUT2D eigenvalue weighted by molar-refractivity contribution is 5.82. The predicted molar refractivity (Wildman–Crippen MR) is 178 cm³/mol. The molecule has 51 heavy (non-hydrogen) atoms. The third-order valence-corrected chi connectivity index (χ3v) is 8.10. The van der Waals surface area contributed by atoms with Gasteiger partial charge in [0.2, 0.25) is 5.91 Å². The summed E-state index contributed by atoms with van der Waals surface area (Å²) in [6.07, 6.45) is -6.39. The second-order valence-electron chi connectivity index (χ2n) is 11.9. The maximum atomic E-state index is 13.3. The SMILES string of the molecule is C=CCOC(=O)[C@@H](NC(=O)OCC1c2ccccc2-c2ccccc21)[C@@H](C)O[C@H]1O[C@H](COC(C)=O)[C@H](OC(C)=O)[C@H](OC(C)=O)[C@H]1NC(C)=O. The largest absolute Gasteiger partial charge is 0.463 e. The zero-order valence-corrected chi connectivity index (χ0v) is 29.0. The molecule has 1 saturated heterocycles. The Morgan fingerprint density at radius 2 is 1.39 bits per heavy atom. The van der Waals surface area contributed by atoms with Crippen molar-refractivity contribution in [3.8, 4) is 11.1 Å². The van der Waals surface area contributed by atoms with Gasteiger partial charge < -0.3 is 43.8 Å². The van der Waals surface area contributed by atoms with Crippen LogP contribution in [0.25, 0.3) is 11.1 Å². The molecule has 2 aromatic rings. The topological polar surface area (TPSA) is 191 Å². The van der Waals surface area contributed by atoms with Crippen LogP contribution in [0.3, 0.4) is 0 Å². The second kappa shape index (κ2) is 17.6. The van der Waals surface area contributed by atoms with Crippen molar-refractivity contribution in [3.05, 3.63) is 72.3 Å². The molecular weight excluding hydrogens is 668 g/mol. The summed E-state index contributed by atoms with van der Waals surface area (Å²) in [5, 5.41) is 5.10. The Balaban J connectivity index is 1.57. The van der Waals surface area contributed by atoms with Crippen molar-refractivity contribution < 1.29 is 61.9 Å². The summed E-state index contributed by atoms with van der Waals surface area (Å²) in [5.74, 6) is -4.02. The summed E-state index contributed by atoms with van der Waals surface area (Å²) < 4.78 is 39.1. The van der Waals surface area contributed by atoms with E-state index in [9.17, 15) is 28.8 Å². The van der Waals surface area contributed by atoms with Gasteiger partial charge in [0.15, 0.2) is 24.5 Å². The summed E-state index contributed by atoms with van der Waals surface area (Å²) >= 11 is 0. The van der Waals surface area contributed by atoms with Gasteiger partial charge in [0.05, 0.1) is 6.10 Å². The minimum atomic E-state index is -1.51. The standard InChI is InChI=1S/C36H42N2O13/c1-7-16-45-34(43)30(38-36(44)47-17-28-26-14-10-8-12-24(26)25-13-9-11-15-27(25)28)19(2)48-35-31(37-20(3)39)33(50-23(6)42)32(49-22(5)41)29(51-35)18-46-21(4)40/h7-15,19,28-33,35H,1,16-18H2,2-6H3,(H,37,39)(H,38,44)/t19-,29-,30+,31-,32+,33-,35+/m1/s1. The van der Waals surface area contributed by atoms with Crippen LogP contribution >= 0.6 is 0 Å². The van der Waals surface area contributed by atoms with Crippen LogP contribution in [0.4, 0.5) is 4.79 Å². The van der Waals surface area contributed by atoms with Crippen LogP contribution in [0.5, 0.6) is 0 Å². The lowest BCUT2D eigenvalue weighted by atomic mass is 9.95. The van der Waals surface area contributed by atoms with Crippen molar-refractivity contribution in [1.29, 1.82) is 0 Å². The molecule has 0 aromatic heterocycles. The highest BCUT2D eigenvalue weighted by Gasteiger charge is 2.52. The fraction of sp³-hybridized carbons (Fsp3) is 0.444. The first-order valence-electron chi connectivity index (χ1n) is 16.3. The van der Waals surface area contributed by atoms with Crippen molar-refractivity contribution in [3.63, 3.8) is 0 Å². The molecule has 15 nitrogen and oxygen atoms in total. The summed E-state index contributed by atoms with van der Waals surface area (Å²) in [4.78, 5) is 74.9. The van der Waals surface area contributed by atoms with Gasteiger partial charge in [0, 0.05) is 33.6 Å². The molecule has 0 saturated carbocycles. The molecule has 2 amide bonds. The summed E-state index contributed by atoms with van der Waals surface area (Å²) in [6.45, 7) is 8.83. The lowest BCUT2D eigenvalue weighted by molar-refractivity contribution is -0.287. The molecule has 0 unspecified atom stereocenters. The Morgan fingerprint density at radius 1 is 0.804 bits per heavy atom. The number of nitrogens with one attached hydrogen (secondary N) is 2. The van der Waals surface area contributed by atoms with Crippen molar-refractivity contribution in [2.24, 2.45) is 0 Å². The normalized spacial score (nSPS) is 21.8. The Labute approximate surface area is 294 Å². The van der Waals surface area contributed by atoms with E-state index < -0.39 is 85.3 Å². The molecule has 0 bridgehead atoms. The maximum absolute atomic E-state index is 13.3. The van der Waals surface area contributed by atoms with Gasteiger partial charge in [-0.05, 0) is 29.2 Å². The maximum Gasteiger partial charge on any atom is 0.407 e. The first kappa shape index (κ1) is 38.5. The molecule has 274 valence electrons. The van der Waals surface area contributed by atoms with Crippen molar-refractivity contribution >= 4 is 35.9 Å². The van der Waals surface area contributed by atoms with Gasteiger partial charge in [-0.1, -0.05) is 61.2 Å². The van der Waals surface area contributed by atoms with E-state index in [4.69, 9.17) is 33.2 Å². The van der Waals surface area contributed by atoms with E-state index in [1.54, 1.807) is 0 Å². The number of hydrogen-bond acceptors (Lipinski definition) is 13. The number of hydrogen-bond donors (Lipinski definition) is 2. The number of amides is 2. The fourth-order valence-corrected chi connectivity index (χ4v) is 6.06. The highest BCUT2D eigenvalue weighted by Crippen LogP contribution is 2.44. The van der Waals surface area contributed by atoms with E-state index >= 15 is 0 Å². The van der Waals surface area contributed by atoms with Crippen LogP contribution in [0.1, 0.15) is 51.7 Å². The molecule has 0 radical (unpaired) electrons. The van der Waals surface area contributed by atoms with Crippen LogP contribution in [0.2, 0.25) is 0 Å². The first-order chi connectivity index (χ1) is 24.3. The van der Waals surface area contributed by atoms with Crippen LogP contribution in [0.15, 0.2) is 61.2 Å². The molecule has 2 N–H and O–H groups in total. The lowest BCUT2D eigenvalue weighted by Gasteiger charge is -2.45. The summed E-state index contributed by atoms with van der Waals surface area (Å²) in [5.41, 5.74) is 4.04. The van der Waals surface area contributed by atoms with Crippen molar-refractivity contribution in [2.45, 2.75) is 83.3 Å². The van der Waals surface area contributed by atoms with Gasteiger partial charge in [-0.2, -0.15) is 0 Å². The molecule has 0 spiro atoms. The fourth-order valence-electron chi connectivity index (χ4n) is 6.06. The zero-order chi connectivity index (χ0) is 37.2. The smallest absolute Gasteiger partial charge is 0.407 e. The molecule has 4 rings (SSSR count). The van der Waals surface area contributed by atoms with Crippen LogP contribution in [-0.4, -0.2) is 98.5 Å². The predicted octanol–water partition coefficient (Wildman–Crippen LogP) is 2.68. The van der Waals surface area contributed by atoms with E-state index in [0.29, 0.717) is 0 Å². The third kappa shape index (κ3) is 9.92. The van der Waals surface area contributed by atoms with E-state index in [0.717, 1.165) is 43.0 Å². The van der Waals surface area contributed by atoms with Crippen LogP contribution < -0.4 is 10.6 Å². The zero-order valence-electron chi connectivity index (χ0n) is 29.0. The second-order valence-corrected chi connectivity index (χ2v) is 11.9. The number of carbonyl (C=O) groups excluding carboxylic acids is 6. The molecule has 1 aliphatic heterocycles. The van der Waals surface area contributed by atoms with E-state index in [2.05, 4.69) is 17.2 Å². The van der Waals surface area contributed by atoms with Gasteiger partial charge in [-0.3, -0.25) is 19.2 Å². The van der Waals surface area contributed by atoms with Crippen LogP contribution in [0, 0.1) is 0 Å². The van der Waals surface area contributed by atoms with E-state index in [1.807, 2.05) is 48.5 Å². The Morgan fingerprint density at radius 3 is 1.94 bits per heavy atom. The quantitative estimate of drug-likeness (QED) is 0.165. The lowest BCUT2D eigenvalue weighted by Crippen LogP contribution is -2.67. The number of alkyl carbamates (subject to hydrolysis) is 1. The van der Waals surface area contributed by atoms with Crippen LogP contribution in [-0.2, 0) is 57.1 Å².